The van der Waals surface area contributed by atoms with Crippen LogP contribution >= 0.6 is 0 Å². The molecule has 0 amide bonds. The minimum Gasteiger partial charge on any atom is -0.388 e. The van der Waals surface area contributed by atoms with Crippen LogP contribution in [-0.4, -0.2) is 18.8 Å². The summed E-state index contributed by atoms with van der Waals surface area (Å²) in [5.41, 5.74) is 1.02. The fourth-order valence-electron chi connectivity index (χ4n) is 1.60. The summed E-state index contributed by atoms with van der Waals surface area (Å²) >= 11 is 0. The number of methoxy groups -OCH3 is 1. The first-order chi connectivity index (χ1) is 7.34. The van der Waals surface area contributed by atoms with Crippen LogP contribution in [-0.2, 0) is 4.74 Å². The van der Waals surface area contributed by atoms with Crippen molar-refractivity contribution in [3.8, 4) is 0 Å². The number of rotatable bonds is 7. The van der Waals surface area contributed by atoms with Crippen molar-refractivity contribution in [2.24, 2.45) is 0 Å². The van der Waals surface area contributed by atoms with E-state index in [1.807, 2.05) is 30.3 Å². The van der Waals surface area contributed by atoms with Crippen molar-refractivity contribution in [1.29, 1.82) is 0 Å². The van der Waals surface area contributed by atoms with Crippen LogP contribution in [0.25, 0.3) is 0 Å². The monoisotopic (exact) mass is 208 g/mol. The van der Waals surface area contributed by atoms with Crippen molar-refractivity contribution in [1.82, 2.24) is 0 Å². The summed E-state index contributed by atoms with van der Waals surface area (Å²) in [5, 5.41) is 9.85. The Morgan fingerprint density at radius 1 is 1.13 bits per heavy atom. The molecule has 1 aromatic rings. The minimum absolute atomic E-state index is 0.311. The molecule has 2 nitrogen and oxygen atoms in total. The fourth-order valence-corrected chi connectivity index (χ4v) is 1.60. The summed E-state index contributed by atoms with van der Waals surface area (Å²) < 4.78 is 4.97. The lowest BCUT2D eigenvalue weighted by Gasteiger charge is -2.10. The molecule has 2 heteroatoms. The van der Waals surface area contributed by atoms with Gasteiger partial charge in [0.25, 0.3) is 0 Å². The molecule has 15 heavy (non-hydrogen) atoms. The molecule has 1 aromatic carbocycles. The SMILES string of the molecule is COCCCCCC(O)c1ccccc1. The highest BCUT2D eigenvalue weighted by atomic mass is 16.5. The quantitative estimate of drug-likeness (QED) is 0.698. The maximum Gasteiger partial charge on any atom is 0.0790 e. The standard InChI is InChI=1S/C13H20O2/c1-15-11-7-3-6-10-13(14)12-8-4-2-5-9-12/h2,4-5,8-9,13-14H,3,6-7,10-11H2,1H3. The Kier molecular flexibility index (Phi) is 6.05. The Hall–Kier alpha value is -0.860. The number of unbranched alkanes of at least 4 members (excludes halogenated alkanes) is 2. The summed E-state index contributed by atoms with van der Waals surface area (Å²) in [7, 11) is 1.72. The lowest BCUT2D eigenvalue weighted by atomic mass is 10.0. The first-order valence-electron chi connectivity index (χ1n) is 5.56. The highest BCUT2D eigenvalue weighted by Gasteiger charge is 2.05. The van der Waals surface area contributed by atoms with E-state index in [1.54, 1.807) is 7.11 Å². The molecule has 0 aliphatic carbocycles. The molecule has 84 valence electrons. The molecule has 0 fully saturated rings. The van der Waals surface area contributed by atoms with E-state index in [1.165, 1.54) is 0 Å². The number of ether oxygens (including phenoxy) is 1. The molecule has 1 unspecified atom stereocenters. The van der Waals surface area contributed by atoms with Crippen LogP contribution in [0.15, 0.2) is 30.3 Å². The zero-order chi connectivity index (χ0) is 10.9. The van der Waals surface area contributed by atoms with Crippen LogP contribution in [0.5, 0.6) is 0 Å². The molecule has 0 bridgehead atoms. The van der Waals surface area contributed by atoms with Crippen molar-refractivity contribution < 1.29 is 9.84 Å². The second-order valence-electron chi connectivity index (χ2n) is 3.77. The van der Waals surface area contributed by atoms with Crippen LogP contribution in [0.4, 0.5) is 0 Å². The van der Waals surface area contributed by atoms with E-state index in [-0.39, 0.29) is 6.10 Å². The Morgan fingerprint density at radius 3 is 2.53 bits per heavy atom. The van der Waals surface area contributed by atoms with Gasteiger partial charge in [-0.3, -0.25) is 0 Å². The number of hydrogen-bond acceptors (Lipinski definition) is 2. The second-order valence-corrected chi connectivity index (χ2v) is 3.77. The third-order valence-electron chi connectivity index (χ3n) is 2.51. The highest BCUT2D eigenvalue weighted by molar-refractivity contribution is 5.16. The smallest absolute Gasteiger partial charge is 0.0790 e. The van der Waals surface area contributed by atoms with Crippen molar-refractivity contribution in [3.63, 3.8) is 0 Å². The summed E-state index contributed by atoms with van der Waals surface area (Å²) in [6.07, 6.45) is 3.79. The van der Waals surface area contributed by atoms with E-state index < -0.39 is 0 Å². The summed E-state index contributed by atoms with van der Waals surface area (Å²) in [6.45, 7) is 0.821. The number of hydrogen-bond donors (Lipinski definition) is 1. The normalized spacial score (nSPS) is 12.7. The molecule has 0 aliphatic rings. The van der Waals surface area contributed by atoms with Crippen molar-refractivity contribution in [2.75, 3.05) is 13.7 Å². The van der Waals surface area contributed by atoms with Gasteiger partial charge in [0.2, 0.25) is 0 Å². The summed E-state index contributed by atoms with van der Waals surface area (Å²) in [5.74, 6) is 0. The number of aliphatic hydroxyl groups excluding tert-OH is 1. The molecular weight excluding hydrogens is 188 g/mol. The maximum atomic E-state index is 9.85. The van der Waals surface area contributed by atoms with E-state index in [0.29, 0.717) is 0 Å². The molecule has 0 radical (unpaired) electrons. The van der Waals surface area contributed by atoms with Gasteiger partial charge >= 0.3 is 0 Å². The molecule has 0 aromatic heterocycles. The minimum atomic E-state index is -0.311. The third-order valence-corrected chi connectivity index (χ3v) is 2.51. The Bertz CT molecular complexity index is 246. The molecule has 0 saturated carbocycles. The van der Waals surface area contributed by atoms with Gasteiger partial charge in [-0.1, -0.05) is 43.2 Å². The first-order valence-corrected chi connectivity index (χ1v) is 5.56. The topological polar surface area (TPSA) is 29.5 Å². The average molecular weight is 208 g/mol. The van der Waals surface area contributed by atoms with Gasteiger partial charge in [0.15, 0.2) is 0 Å². The van der Waals surface area contributed by atoms with Crippen LogP contribution < -0.4 is 0 Å². The Labute approximate surface area is 91.9 Å². The van der Waals surface area contributed by atoms with Gasteiger partial charge in [0.1, 0.15) is 0 Å². The van der Waals surface area contributed by atoms with Gasteiger partial charge < -0.3 is 9.84 Å². The van der Waals surface area contributed by atoms with E-state index in [9.17, 15) is 5.11 Å². The number of aliphatic hydroxyl groups is 1. The largest absolute Gasteiger partial charge is 0.388 e. The molecule has 0 heterocycles. The van der Waals surface area contributed by atoms with Gasteiger partial charge in [0, 0.05) is 13.7 Å². The van der Waals surface area contributed by atoms with Gasteiger partial charge in [-0.15, -0.1) is 0 Å². The predicted octanol–water partition coefficient (Wildman–Crippen LogP) is 2.93. The first kappa shape index (κ1) is 12.2. The zero-order valence-electron chi connectivity index (χ0n) is 9.36. The molecule has 0 aliphatic heterocycles. The third kappa shape index (κ3) is 4.96. The van der Waals surface area contributed by atoms with E-state index in [0.717, 1.165) is 37.9 Å². The van der Waals surface area contributed by atoms with Crippen LogP contribution in [0.1, 0.15) is 37.4 Å². The van der Waals surface area contributed by atoms with E-state index >= 15 is 0 Å². The lowest BCUT2D eigenvalue weighted by Crippen LogP contribution is -1.97. The van der Waals surface area contributed by atoms with Crippen LogP contribution in [0.2, 0.25) is 0 Å². The fraction of sp³-hybridized carbons (Fsp3) is 0.538. The van der Waals surface area contributed by atoms with E-state index in [2.05, 4.69) is 0 Å². The van der Waals surface area contributed by atoms with Crippen LogP contribution in [0.3, 0.4) is 0 Å². The van der Waals surface area contributed by atoms with Gasteiger partial charge in [-0.05, 0) is 18.4 Å². The van der Waals surface area contributed by atoms with Crippen molar-refractivity contribution >= 4 is 0 Å². The molecule has 1 atom stereocenters. The van der Waals surface area contributed by atoms with Gasteiger partial charge in [-0.25, -0.2) is 0 Å². The predicted molar refractivity (Wildman–Crippen MR) is 61.7 cm³/mol. The van der Waals surface area contributed by atoms with Gasteiger partial charge in [-0.2, -0.15) is 0 Å². The number of benzene rings is 1. The molecule has 1 N–H and O–H groups in total. The second kappa shape index (κ2) is 7.43. The summed E-state index contributed by atoms with van der Waals surface area (Å²) in [6, 6.07) is 9.83. The summed E-state index contributed by atoms with van der Waals surface area (Å²) in [4.78, 5) is 0. The maximum absolute atomic E-state index is 9.85. The van der Waals surface area contributed by atoms with Crippen molar-refractivity contribution in [2.45, 2.75) is 31.8 Å². The molecule has 0 saturated heterocycles. The van der Waals surface area contributed by atoms with Crippen LogP contribution in [0, 0.1) is 0 Å². The molecule has 1 rings (SSSR count). The zero-order valence-corrected chi connectivity index (χ0v) is 9.36. The average Bonchev–Trinajstić information content (AvgIpc) is 2.30. The Morgan fingerprint density at radius 2 is 1.87 bits per heavy atom. The molecular formula is C13H20O2. The van der Waals surface area contributed by atoms with E-state index in [4.69, 9.17) is 4.74 Å². The Balaban J connectivity index is 2.16. The lowest BCUT2D eigenvalue weighted by molar-refractivity contribution is 0.158. The highest BCUT2D eigenvalue weighted by Crippen LogP contribution is 2.18. The van der Waals surface area contributed by atoms with Crippen molar-refractivity contribution in [3.05, 3.63) is 35.9 Å². The molecule has 0 spiro atoms. The van der Waals surface area contributed by atoms with Gasteiger partial charge in [0.05, 0.1) is 6.10 Å².